The van der Waals surface area contributed by atoms with Gasteiger partial charge in [0.25, 0.3) is 0 Å². The molecule has 0 N–H and O–H groups in total. The Kier molecular flexibility index (Phi) is 20.4. The van der Waals surface area contributed by atoms with Gasteiger partial charge in [-0.05, 0) is 0 Å². The summed E-state index contributed by atoms with van der Waals surface area (Å²) in [7, 11) is -2.57. The molecule has 8 heteroatoms. The van der Waals surface area contributed by atoms with Gasteiger partial charge in [0.05, 0.1) is 0 Å². The average Bonchev–Trinajstić information content (AvgIpc) is 2.81. The first-order chi connectivity index (χ1) is 15.0. The van der Waals surface area contributed by atoms with E-state index in [1.807, 2.05) is 0 Å². The maximum atomic E-state index is 6.38. The van der Waals surface area contributed by atoms with Crippen LogP contribution in [0.3, 0.4) is 0 Å². The van der Waals surface area contributed by atoms with Crippen molar-refractivity contribution in [3.8, 4) is 0 Å². The van der Waals surface area contributed by atoms with E-state index in [1.54, 1.807) is 7.11 Å². The number of hydrogen-bond acceptors (Lipinski definition) is 6. The van der Waals surface area contributed by atoms with E-state index in [-0.39, 0.29) is 0 Å². The Morgan fingerprint density at radius 3 is 1.13 bits per heavy atom. The molecule has 0 atom stereocenters. The van der Waals surface area contributed by atoms with Crippen molar-refractivity contribution in [1.29, 1.82) is 0 Å². The van der Waals surface area contributed by atoms with Gasteiger partial charge in [-0.25, -0.2) is 0 Å². The Morgan fingerprint density at radius 1 is 0.516 bits per heavy atom. The number of methoxy groups -OCH3 is 1. The minimum absolute atomic E-state index is 0.735. The van der Waals surface area contributed by atoms with E-state index in [4.69, 9.17) is 22.8 Å². The van der Waals surface area contributed by atoms with Crippen LogP contribution in [-0.4, -0.2) is 89.3 Å². The number of rotatable bonds is 23. The summed E-state index contributed by atoms with van der Waals surface area (Å²) < 4.78 is 30.9. The van der Waals surface area contributed by atoms with Crippen molar-refractivity contribution in [3.05, 3.63) is 0 Å². The molecule has 0 aromatic heterocycles. The van der Waals surface area contributed by atoms with E-state index in [0.29, 0.717) is 0 Å². The summed E-state index contributed by atoms with van der Waals surface area (Å²) in [5, 5.41) is 0. The Balaban J connectivity index is 5.17. The molecule has 192 valence electrons. The molecule has 31 heavy (non-hydrogen) atoms. The van der Waals surface area contributed by atoms with Crippen LogP contribution in [0.15, 0.2) is 0 Å². The van der Waals surface area contributed by atoms with E-state index in [0.717, 1.165) is 103 Å². The first-order valence-electron chi connectivity index (χ1n) is 12.8. The summed E-state index contributed by atoms with van der Waals surface area (Å²) in [6.45, 7) is 19.9. The molecule has 0 bridgehead atoms. The van der Waals surface area contributed by atoms with Gasteiger partial charge in [-0.2, -0.15) is 0 Å². The van der Waals surface area contributed by atoms with Gasteiger partial charge >= 0.3 is 195 Å². The van der Waals surface area contributed by atoms with Crippen molar-refractivity contribution in [2.24, 2.45) is 0 Å². The first kappa shape index (κ1) is 31.6. The monoisotopic (exact) mass is 487 g/mol. The summed E-state index contributed by atoms with van der Waals surface area (Å²) >= 11 is 0. The molecule has 0 aromatic carbocycles. The standard InChI is InChI=1S/C23H55NO5P2/c1-8-17-26-30(12-5,27-18-9-2)22-15-24(14-21-25-7)16-23-31(13-6,28-19-10-3)29-20-11-4/h30-31H,8-23H2,1-7H3. The van der Waals surface area contributed by atoms with Crippen LogP contribution in [0.5, 0.6) is 0 Å². The Labute approximate surface area is 195 Å². The molecule has 6 nitrogen and oxygen atoms in total. The van der Waals surface area contributed by atoms with Crippen molar-refractivity contribution in [2.45, 2.75) is 67.2 Å². The third kappa shape index (κ3) is 13.8. The van der Waals surface area contributed by atoms with Crippen LogP contribution < -0.4 is 0 Å². The van der Waals surface area contributed by atoms with Crippen LogP contribution in [-0.2, 0) is 22.8 Å². The van der Waals surface area contributed by atoms with E-state index < -0.39 is 15.4 Å². The van der Waals surface area contributed by atoms with Crippen LogP contribution >= 0.6 is 15.4 Å². The van der Waals surface area contributed by atoms with Crippen LogP contribution in [0.2, 0.25) is 0 Å². The molecule has 0 fully saturated rings. The fraction of sp³-hybridized carbons (Fsp3) is 1.00. The molecule has 0 amide bonds. The molecular formula is C23H55NO5P2. The third-order valence-electron chi connectivity index (χ3n) is 5.58. The van der Waals surface area contributed by atoms with Gasteiger partial charge in [0.1, 0.15) is 0 Å². The molecule has 0 unspecified atom stereocenters. The zero-order chi connectivity index (χ0) is 23.4. The van der Waals surface area contributed by atoms with Crippen LogP contribution in [0.25, 0.3) is 0 Å². The van der Waals surface area contributed by atoms with Gasteiger partial charge in [-0.3, -0.25) is 0 Å². The second-order valence-electron chi connectivity index (χ2n) is 8.26. The number of ether oxygens (including phenoxy) is 1. The summed E-state index contributed by atoms with van der Waals surface area (Å²) in [5.41, 5.74) is 0. The van der Waals surface area contributed by atoms with Gasteiger partial charge in [0.2, 0.25) is 0 Å². The van der Waals surface area contributed by atoms with Gasteiger partial charge in [0, 0.05) is 0 Å². The van der Waals surface area contributed by atoms with Crippen molar-refractivity contribution in [2.75, 3.05) is 84.4 Å². The number of nitrogens with zero attached hydrogens (tertiary/aromatic N) is 1. The maximum absolute atomic E-state index is 6.38. The molecule has 0 spiro atoms. The van der Waals surface area contributed by atoms with E-state index in [9.17, 15) is 0 Å². The predicted molar refractivity (Wildman–Crippen MR) is 141 cm³/mol. The fourth-order valence-electron chi connectivity index (χ4n) is 3.50. The van der Waals surface area contributed by atoms with Crippen molar-refractivity contribution in [1.82, 2.24) is 4.90 Å². The second kappa shape index (κ2) is 20.0. The molecule has 0 aliphatic rings. The SMILES string of the molecule is CCCO[PH](CC)(CCN(CCOC)CC[PH](CC)(OCCC)OCCC)OCCC. The number of hydrogen-bond donors (Lipinski definition) is 0. The Bertz CT molecular complexity index is 356. The fourth-order valence-corrected chi connectivity index (χ4v) is 9.38. The van der Waals surface area contributed by atoms with Crippen LogP contribution in [0, 0.1) is 0 Å². The van der Waals surface area contributed by atoms with Gasteiger partial charge in [-0.15, -0.1) is 0 Å². The summed E-state index contributed by atoms with van der Waals surface area (Å²) in [6.07, 6.45) is 8.13. The first-order valence-corrected chi connectivity index (χ1v) is 17.2. The molecule has 0 aliphatic carbocycles. The normalized spacial score (nSPS) is 13.8. The second-order valence-corrected chi connectivity index (χ2v) is 15.5. The molecule has 0 saturated carbocycles. The molecule has 0 heterocycles. The van der Waals surface area contributed by atoms with Crippen molar-refractivity contribution in [3.63, 3.8) is 0 Å². The molecular weight excluding hydrogens is 432 g/mol. The predicted octanol–water partition coefficient (Wildman–Crippen LogP) is 5.84. The quantitative estimate of drug-likeness (QED) is 0.169. The topological polar surface area (TPSA) is 49.4 Å². The Hall–Kier alpha value is 0.620. The summed E-state index contributed by atoms with van der Waals surface area (Å²) in [5.74, 6) is 0. The van der Waals surface area contributed by atoms with Crippen molar-refractivity contribution >= 4 is 15.4 Å². The van der Waals surface area contributed by atoms with E-state index >= 15 is 0 Å². The Morgan fingerprint density at radius 2 is 0.871 bits per heavy atom. The van der Waals surface area contributed by atoms with Gasteiger partial charge < -0.3 is 0 Å². The van der Waals surface area contributed by atoms with E-state index in [2.05, 4.69) is 46.4 Å². The van der Waals surface area contributed by atoms with Crippen LogP contribution in [0.4, 0.5) is 0 Å². The zero-order valence-corrected chi connectivity index (χ0v) is 23.8. The molecule has 0 radical (unpaired) electrons. The molecule has 0 rings (SSSR count). The van der Waals surface area contributed by atoms with Gasteiger partial charge in [-0.1, -0.05) is 0 Å². The minimum atomic E-state index is -2.17. The average molecular weight is 488 g/mol. The summed E-state index contributed by atoms with van der Waals surface area (Å²) in [6, 6.07) is 0. The van der Waals surface area contributed by atoms with Gasteiger partial charge in [0.15, 0.2) is 0 Å². The zero-order valence-electron chi connectivity index (χ0n) is 21.8. The van der Waals surface area contributed by atoms with Crippen molar-refractivity contribution < 1.29 is 22.8 Å². The molecule has 0 saturated heterocycles. The van der Waals surface area contributed by atoms with E-state index in [1.165, 1.54) is 0 Å². The molecule has 0 aliphatic heterocycles. The molecule has 0 aromatic rings. The third-order valence-corrected chi connectivity index (χ3v) is 12.6. The summed E-state index contributed by atoms with van der Waals surface area (Å²) in [4.78, 5) is 2.51. The van der Waals surface area contributed by atoms with Crippen LogP contribution in [0.1, 0.15) is 67.2 Å².